The maximum absolute atomic E-state index is 14.7. The van der Waals surface area contributed by atoms with Gasteiger partial charge in [0.1, 0.15) is 6.04 Å². The normalized spacial score (nSPS) is 32.3. The lowest BCUT2D eigenvalue weighted by atomic mass is 9.78. The molecule has 1 aromatic carbocycles. The molecule has 5 heterocycles. The molecule has 1 aromatic rings. The van der Waals surface area contributed by atoms with Crippen molar-refractivity contribution in [3.8, 4) is 0 Å². The third kappa shape index (κ3) is 5.45. The summed E-state index contributed by atoms with van der Waals surface area (Å²) in [6.07, 6.45) is 8.99. The number of aliphatic hydroxyl groups excluding tert-OH is 1. The molecule has 3 fully saturated rings. The van der Waals surface area contributed by atoms with Crippen LogP contribution >= 0.6 is 11.8 Å². The number of morpholine rings is 1. The lowest BCUT2D eigenvalue weighted by Gasteiger charge is -2.40. The summed E-state index contributed by atoms with van der Waals surface area (Å²) in [4.78, 5) is 51.4. The number of fused-ring (bicyclic) bond motifs is 2. The fraction of sp³-hybridized carbons (Fsp3) is 0.606. The predicted molar refractivity (Wildman–Crippen MR) is 166 cm³/mol. The Morgan fingerprint density at radius 1 is 1.00 bits per heavy atom. The molecule has 0 aliphatic carbocycles. The molecule has 0 saturated carbocycles. The van der Waals surface area contributed by atoms with Crippen LogP contribution in [0.5, 0.6) is 0 Å². The van der Waals surface area contributed by atoms with E-state index in [9.17, 15) is 19.5 Å². The van der Waals surface area contributed by atoms with Gasteiger partial charge in [-0.15, -0.1) is 11.8 Å². The van der Waals surface area contributed by atoms with E-state index in [4.69, 9.17) is 4.74 Å². The number of thioether (sulfide) groups is 1. The molecule has 0 aromatic heterocycles. The fourth-order valence-electron chi connectivity index (χ4n) is 7.58. The Hall–Kier alpha value is -2.66. The van der Waals surface area contributed by atoms with E-state index in [1.165, 1.54) is 0 Å². The van der Waals surface area contributed by atoms with Crippen molar-refractivity contribution in [1.29, 1.82) is 0 Å². The second-order valence-corrected chi connectivity index (χ2v) is 14.0. The molecule has 7 atom stereocenters. The third-order valence-corrected chi connectivity index (χ3v) is 11.9. The SMILES string of the molecule is CC[C@H](C)[C@H](CO)N1C(=O)[C@@H]2[C@@H]3C(=O)N(Cc4ccccc4)CC=C[C@@H]3S[C@@]23C=CCN(CCN2CCOCC2)C(=O)C13. The molecule has 6 rings (SSSR count). The molecule has 5 aliphatic rings. The van der Waals surface area contributed by atoms with Gasteiger partial charge in [0, 0.05) is 51.1 Å². The number of benzene rings is 1. The highest BCUT2D eigenvalue weighted by Gasteiger charge is 2.71. The van der Waals surface area contributed by atoms with E-state index in [0.717, 1.165) is 31.6 Å². The van der Waals surface area contributed by atoms with Gasteiger partial charge < -0.3 is 24.5 Å². The van der Waals surface area contributed by atoms with Gasteiger partial charge in [-0.2, -0.15) is 0 Å². The fourth-order valence-corrected chi connectivity index (χ4v) is 9.57. The number of carbonyl (C=O) groups is 3. The minimum absolute atomic E-state index is 0.00762. The number of nitrogens with zero attached hydrogens (tertiary/aromatic N) is 4. The quantitative estimate of drug-likeness (QED) is 0.429. The van der Waals surface area contributed by atoms with Gasteiger partial charge in [0.15, 0.2) is 0 Å². The number of hydrogen-bond acceptors (Lipinski definition) is 7. The Morgan fingerprint density at radius 2 is 1.74 bits per heavy atom. The van der Waals surface area contributed by atoms with Gasteiger partial charge in [0.05, 0.1) is 42.4 Å². The summed E-state index contributed by atoms with van der Waals surface area (Å²) in [7, 11) is 0. The molecular weight excluding hydrogens is 564 g/mol. The van der Waals surface area contributed by atoms with E-state index in [0.29, 0.717) is 39.4 Å². The van der Waals surface area contributed by atoms with Gasteiger partial charge in [0.2, 0.25) is 17.7 Å². The van der Waals surface area contributed by atoms with Crippen LogP contribution in [0.4, 0.5) is 0 Å². The average molecular weight is 609 g/mol. The second kappa shape index (κ2) is 12.8. The first-order chi connectivity index (χ1) is 20.9. The lowest BCUT2D eigenvalue weighted by Crippen LogP contribution is -2.58. The number of likely N-dealkylation sites (tertiary alicyclic amines) is 1. The standard InChI is InChI=1S/C33H44N4O5S/c1-3-23(2)25(22-38)37-29-32(41)35(16-15-34-17-19-42-20-18-34)14-8-12-33(29)28(31(37)40)27-26(43-33)11-7-13-36(30(27)39)21-24-9-5-4-6-10-24/h4-12,23,25-29,38H,3,13-22H2,1-2H3/t23-,25-,26-,27+,28-,29?,33-/m0/s1. The first-order valence-corrected chi connectivity index (χ1v) is 16.6. The average Bonchev–Trinajstić information content (AvgIpc) is 3.35. The second-order valence-electron chi connectivity index (χ2n) is 12.5. The summed E-state index contributed by atoms with van der Waals surface area (Å²) >= 11 is 1.60. The summed E-state index contributed by atoms with van der Waals surface area (Å²) in [5.74, 6) is -1.58. The number of ether oxygens (including phenoxy) is 1. The molecule has 232 valence electrons. The van der Waals surface area contributed by atoms with Crippen LogP contribution in [0.25, 0.3) is 0 Å². The number of hydrogen-bond donors (Lipinski definition) is 1. The molecule has 0 radical (unpaired) electrons. The first-order valence-electron chi connectivity index (χ1n) is 15.8. The van der Waals surface area contributed by atoms with Crippen molar-refractivity contribution in [2.24, 2.45) is 17.8 Å². The number of aliphatic hydroxyl groups is 1. The van der Waals surface area contributed by atoms with Crippen LogP contribution < -0.4 is 0 Å². The monoisotopic (exact) mass is 608 g/mol. The number of rotatable bonds is 9. The zero-order chi connectivity index (χ0) is 30.1. The molecule has 10 heteroatoms. The molecule has 5 aliphatic heterocycles. The van der Waals surface area contributed by atoms with Crippen molar-refractivity contribution in [3.63, 3.8) is 0 Å². The summed E-state index contributed by atoms with van der Waals surface area (Å²) in [5.41, 5.74) is 1.04. The minimum atomic E-state index is -0.881. The molecule has 9 nitrogen and oxygen atoms in total. The maximum Gasteiger partial charge on any atom is 0.247 e. The third-order valence-electron chi connectivity index (χ3n) is 10.1. The zero-order valence-corrected chi connectivity index (χ0v) is 26.0. The van der Waals surface area contributed by atoms with Crippen molar-refractivity contribution in [2.45, 2.75) is 48.9 Å². The molecule has 43 heavy (non-hydrogen) atoms. The predicted octanol–water partition coefficient (Wildman–Crippen LogP) is 2.02. The topological polar surface area (TPSA) is 93.6 Å². The molecule has 1 spiro atoms. The van der Waals surface area contributed by atoms with E-state index in [-0.39, 0.29) is 35.5 Å². The molecular formula is C33H44N4O5S. The zero-order valence-electron chi connectivity index (χ0n) is 25.2. The smallest absolute Gasteiger partial charge is 0.247 e. The van der Waals surface area contributed by atoms with Crippen molar-refractivity contribution in [2.75, 3.05) is 59.1 Å². The van der Waals surface area contributed by atoms with Crippen LogP contribution in [-0.4, -0.2) is 124 Å². The van der Waals surface area contributed by atoms with Gasteiger partial charge in [-0.25, -0.2) is 0 Å². The van der Waals surface area contributed by atoms with Gasteiger partial charge in [-0.1, -0.05) is 74.9 Å². The van der Waals surface area contributed by atoms with Crippen LogP contribution in [0.2, 0.25) is 0 Å². The maximum atomic E-state index is 14.7. The van der Waals surface area contributed by atoms with Crippen molar-refractivity contribution < 1.29 is 24.2 Å². The Balaban J connectivity index is 1.35. The Bertz CT molecular complexity index is 1250. The highest BCUT2D eigenvalue weighted by atomic mass is 32.2. The van der Waals surface area contributed by atoms with E-state index in [1.807, 2.05) is 66.1 Å². The number of amides is 3. The number of carbonyl (C=O) groups excluding carboxylic acids is 3. The summed E-state index contributed by atoms with van der Waals surface area (Å²) in [6.45, 7) is 9.61. The molecule has 0 bridgehead atoms. The van der Waals surface area contributed by atoms with Crippen LogP contribution in [0.15, 0.2) is 54.6 Å². The molecule has 1 unspecified atom stereocenters. The lowest BCUT2D eigenvalue weighted by molar-refractivity contribution is -0.148. The van der Waals surface area contributed by atoms with Crippen LogP contribution in [0.3, 0.4) is 0 Å². The van der Waals surface area contributed by atoms with Gasteiger partial charge in [0.25, 0.3) is 0 Å². The largest absolute Gasteiger partial charge is 0.394 e. The Kier molecular flexibility index (Phi) is 9.01. The Labute approximate surface area is 258 Å². The van der Waals surface area contributed by atoms with Crippen molar-refractivity contribution >= 4 is 29.5 Å². The first kappa shape index (κ1) is 30.4. The van der Waals surface area contributed by atoms with E-state index in [2.05, 4.69) is 17.1 Å². The summed E-state index contributed by atoms with van der Waals surface area (Å²) in [6, 6.07) is 8.64. The highest BCUT2D eigenvalue weighted by molar-refractivity contribution is 8.02. The van der Waals surface area contributed by atoms with Crippen LogP contribution in [0, 0.1) is 17.8 Å². The van der Waals surface area contributed by atoms with Crippen LogP contribution in [0.1, 0.15) is 25.8 Å². The van der Waals surface area contributed by atoms with E-state index >= 15 is 0 Å². The van der Waals surface area contributed by atoms with Gasteiger partial charge >= 0.3 is 0 Å². The van der Waals surface area contributed by atoms with Crippen molar-refractivity contribution in [3.05, 3.63) is 60.2 Å². The molecule has 3 amide bonds. The minimum Gasteiger partial charge on any atom is -0.394 e. The van der Waals surface area contributed by atoms with E-state index < -0.39 is 28.7 Å². The van der Waals surface area contributed by atoms with E-state index in [1.54, 1.807) is 16.7 Å². The summed E-state index contributed by atoms with van der Waals surface area (Å²) < 4.78 is 4.62. The van der Waals surface area contributed by atoms with Crippen molar-refractivity contribution in [1.82, 2.24) is 19.6 Å². The highest BCUT2D eigenvalue weighted by Crippen LogP contribution is 2.61. The Morgan fingerprint density at radius 3 is 2.47 bits per heavy atom. The molecule has 3 saturated heterocycles. The van der Waals surface area contributed by atoms with Crippen LogP contribution in [-0.2, 0) is 25.7 Å². The van der Waals surface area contributed by atoms with Gasteiger partial charge in [-0.3, -0.25) is 19.3 Å². The molecule has 1 N–H and O–H groups in total. The summed E-state index contributed by atoms with van der Waals surface area (Å²) in [5, 5.41) is 10.4. The van der Waals surface area contributed by atoms with Gasteiger partial charge in [-0.05, 0) is 11.5 Å².